The Bertz CT molecular complexity index is 97.7. The first-order valence-electron chi connectivity index (χ1n) is 4.72. The molecule has 0 spiro atoms. The molecule has 1 saturated carbocycles. The van der Waals surface area contributed by atoms with Crippen LogP contribution in [0.25, 0.3) is 0 Å². The zero-order valence-electron chi connectivity index (χ0n) is 7.13. The molecule has 0 bridgehead atoms. The molecule has 1 atom stereocenters. The van der Waals surface area contributed by atoms with Crippen molar-refractivity contribution in [3.05, 3.63) is 0 Å². The molecule has 0 amide bonds. The third-order valence-corrected chi connectivity index (χ3v) is 2.60. The molecule has 0 aromatic carbocycles. The summed E-state index contributed by atoms with van der Waals surface area (Å²) in [4.78, 5) is 0. The van der Waals surface area contributed by atoms with E-state index in [2.05, 4.69) is 0 Å². The van der Waals surface area contributed by atoms with E-state index in [0.29, 0.717) is 0 Å². The molecule has 1 fully saturated rings. The maximum absolute atomic E-state index is 8.86. The summed E-state index contributed by atoms with van der Waals surface area (Å²) in [5.41, 5.74) is 5.27. The van der Waals surface area contributed by atoms with E-state index in [0.717, 1.165) is 18.8 Å². The van der Waals surface area contributed by atoms with Gasteiger partial charge in [0.25, 0.3) is 0 Å². The van der Waals surface area contributed by atoms with E-state index in [9.17, 15) is 0 Å². The average Bonchev–Trinajstić information content (AvgIpc) is 2.03. The molecule has 0 aliphatic heterocycles. The highest BCUT2D eigenvalue weighted by atomic mass is 16.3. The monoisotopic (exact) mass is 157 g/mol. The number of aliphatic hydroxyl groups is 1. The lowest BCUT2D eigenvalue weighted by atomic mass is 9.86. The number of nitrogens with two attached hydrogens (primary N) is 1. The molecule has 11 heavy (non-hydrogen) atoms. The zero-order chi connectivity index (χ0) is 8.10. The van der Waals surface area contributed by atoms with Gasteiger partial charge in [0.2, 0.25) is 0 Å². The van der Waals surface area contributed by atoms with Crippen LogP contribution >= 0.6 is 0 Å². The summed E-state index contributed by atoms with van der Waals surface area (Å²) < 4.78 is 0. The average molecular weight is 157 g/mol. The van der Waals surface area contributed by atoms with Crippen LogP contribution in [0.3, 0.4) is 0 Å². The molecule has 1 aliphatic rings. The second-order valence-corrected chi connectivity index (χ2v) is 3.65. The summed E-state index contributed by atoms with van der Waals surface area (Å²) in [6.07, 6.45) is 8.19. The third-order valence-electron chi connectivity index (χ3n) is 2.60. The van der Waals surface area contributed by atoms with Crippen LogP contribution in [0.5, 0.6) is 0 Å². The molecule has 2 nitrogen and oxygen atoms in total. The highest BCUT2D eigenvalue weighted by Crippen LogP contribution is 2.27. The van der Waals surface area contributed by atoms with Crippen LogP contribution in [0, 0.1) is 5.92 Å². The predicted octanol–water partition coefficient (Wildman–Crippen LogP) is 1.62. The van der Waals surface area contributed by atoms with Crippen LogP contribution in [-0.4, -0.2) is 11.3 Å². The summed E-state index contributed by atoms with van der Waals surface area (Å²) in [7, 11) is 0. The Labute approximate surface area is 68.8 Å². The van der Waals surface area contributed by atoms with Crippen molar-refractivity contribution in [1.82, 2.24) is 0 Å². The van der Waals surface area contributed by atoms with Gasteiger partial charge in [-0.05, 0) is 18.8 Å². The Kier molecular flexibility index (Phi) is 3.87. The van der Waals surface area contributed by atoms with Crippen molar-refractivity contribution in [2.45, 2.75) is 51.2 Å². The second kappa shape index (κ2) is 4.73. The molecular weight excluding hydrogens is 138 g/mol. The van der Waals surface area contributed by atoms with Crippen molar-refractivity contribution in [2.24, 2.45) is 11.7 Å². The molecule has 1 aliphatic carbocycles. The summed E-state index contributed by atoms with van der Waals surface area (Å²) in [6.45, 7) is 0. The van der Waals surface area contributed by atoms with Crippen molar-refractivity contribution in [3.8, 4) is 0 Å². The van der Waals surface area contributed by atoms with E-state index in [1.807, 2.05) is 0 Å². The van der Waals surface area contributed by atoms with Gasteiger partial charge in [-0.15, -0.1) is 0 Å². The largest absolute Gasteiger partial charge is 0.379 e. The molecule has 1 rings (SSSR count). The third kappa shape index (κ3) is 3.73. The van der Waals surface area contributed by atoms with Gasteiger partial charge in [0.15, 0.2) is 0 Å². The molecule has 2 heteroatoms. The lowest BCUT2D eigenvalue weighted by Gasteiger charge is -2.21. The van der Waals surface area contributed by atoms with Crippen LogP contribution in [0.15, 0.2) is 0 Å². The molecule has 3 N–H and O–H groups in total. The number of hydrogen-bond donors (Lipinski definition) is 2. The van der Waals surface area contributed by atoms with Crippen LogP contribution in [0.4, 0.5) is 0 Å². The summed E-state index contributed by atoms with van der Waals surface area (Å²) >= 11 is 0. The Balaban J connectivity index is 2.05. The van der Waals surface area contributed by atoms with E-state index in [-0.39, 0.29) is 0 Å². The summed E-state index contributed by atoms with van der Waals surface area (Å²) in [6, 6.07) is 0. The lowest BCUT2D eigenvalue weighted by molar-refractivity contribution is 0.156. The molecule has 1 unspecified atom stereocenters. The van der Waals surface area contributed by atoms with Crippen molar-refractivity contribution in [3.63, 3.8) is 0 Å². The van der Waals surface area contributed by atoms with E-state index in [1.54, 1.807) is 0 Å². The van der Waals surface area contributed by atoms with Gasteiger partial charge in [0.05, 0.1) is 0 Å². The molecular formula is C9H19NO. The second-order valence-electron chi connectivity index (χ2n) is 3.65. The van der Waals surface area contributed by atoms with Gasteiger partial charge < -0.3 is 10.8 Å². The first-order chi connectivity index (χ1) is 5.29. The fraction of sp³-hybridized carbons (Fsp3) is 1.00. The number of rotatable bonds is 3. The standard InChI is InChI=1S/C9H19NO/c10-9(11)7-6-8-4-2-1-3-5-8/h8-9,11H,1-7,10H2. The normalized spacial score (nSPS) is 23.5. The first-order valence-corrected chi connectivity index (χ1v) is 4.72. The SMILES string of the molecule is NC(O)CCC1CCCCC1. The first kappa shape index (κ1) is 9.01. The molecule has 0 saturated heterocycles. The lowest BCUT2D eigenvalue weighted by Crippen LogP contribution is -2.20. The maximum Gasteiger partial charge on any atom is 0.102 e. The van der Waals surface area contributed by atoms with E-state index < -0.39 is 6.23 Å². The highest BCUT2D eigenvalue weighted by Gasteiger charge is 2.13. The number of aliphatic hydroxyl groups excluding tert-OH is 1. The van der Waals surface area contributed by atoms with Gasteiger partial charge in [0, 0.05) is 0 Å². The minimum atomic E-state index is -0.586. The highest BCUT2D eigenvalue weighted by molar-refractivity contribution is 4.66. The van der Waals surface area contributed by atoms with Crippen molar-refractivity contribution >= 4 is 0 Å². The Morgan fingerprint density at radius 2 is 1.91 bits per heavy atom. The zero-order valence-corrected chi connectivity index (χ0v) is 7.13. The molecule has 66 valence electrons. The fourth-order valence-electron chi connectivity index (χ4n) is 1.88. The molecule has 0 aromatic rings. The van der Waals surface area contributed by atoms with Gasteiger partial charge in [-0.1, -0.05) is 32.1 Å². The van der Waals surface area contributed by atoms with Crippen LogP contribution in [0.2, 0.25) is 0 Å². The van der Waals surface area contributed by atoms with Crippen molar-refractivity contribution in [1.29, 1.82) is 0 Å². The summed E-state index contributed by atoms with van der Waals surface area (Å²) in [5.74, 6) is 0.849. The minimum absolute atomic E-state index is 0.586. The number of hydrogen-bond acceptors (Lipinski definition) is 2. The minimum Gasteiger partial charge on any atom is -0.379 e. The van der Waals surface area contributed by atoms with Gasteiger partial charge in [0.1, 0.15) is 6.23 Å². The summed E-state index contributed by atoms with van der Waals surface area (Å²) in [5, 5.41) is 8.86. The quantitative estimate of drug-likeness (QED) is 0.611. The Morgan fingerprint density at radius 3 is 2.45 bits per heavy atom. The van der Waals surface area contributed by atoms with Crippen LogP contribution in [0.1, 0.15) is 44.9 Å². The van der Waals surface area contributed by atoms with Crippen molar-refractivity contribution < 1.29 is 5.11 Å². The fourth-order valence-corrected chi connectivity index (χ4v) is 1.88. The van der Waals surface area contributed by atoms with E-state index in [1.165, 1.54) is 32.1 Å². The van der Waals surface area contributed by atoms with Crippen LogP contribution < -0.4 is 5.73 Å². The van der Waals surface area contributed by atoms with Gasteiger partial charge in [-0.2, -0.15) is 0 Å². The van der Waals surface area contributed by atoms with Crippen LogP contribution in [-0.2, 0) is 0 Å². The van der Waals surface area contributed by atoms with Gasteiger partial charge >= 0.3 is 0 Å². The molecule has 0 aromatic heterocycles. The predicted molar refractivity (Wildman–Crippen MR) is 46.0 cm³/mol. The van der Waals surface area contributed by atoms with Crippen molar-refractivity contribution in [2.75, 3.05) is 0 Å². The molecule has 0 radical (unpaired) electrons. The van der Waals surface area contributed by atoms with E-state index >= 15 is 0 Å². The topological polar surface area (TPSA) is 46.2 Å². The maximum atomic E-state index is 8.86. The Morgan fingerprint density at radius 1 is 1.27 bits per heavy atom. The Hall–Kier alpha value is -0.0800. The van der Waals surface area contributed by atoms with Gasteiger partial charge in [-0.25, -0.2) is 0 Å². The molecule has 0 heterocycles. The van der Waals surface area contributed by atoms with Gasteiger partial charge in [-0.3, -0.25) is 0 Å². The smallest absolute Gasteiger partial charge is 0.102 e. The van der Waals surface area contributed by atoms with E-state index in [4.69, 9.17) is 10.8 Å².